The van der Waals surface area contributed by atoms with Crippen LogP contribution in [0.2, 0.25) is 0 Å². The van der Waals surface area contributed by atoms with Crippen molar-refractivity contribution in [1.29, 1.82) is 0 Å². The van der Waals surface area contributed by atoms with Gasteiger partial charge in [-0.1, -0.05) is 30.3 Å². The van der Waals surface area contributed by atoms with Crippen LogP contribution in [-0.2, 0) is 0 Å². The highest BCUT2D eigenvalue weighted by atomic mass is 32.2. The van der Waals surface area contributed by atoms with Crippen LogP contribution in [0.5, 0.6) is 0 Å². The summed E-state index contributed by atoms with van der Waals surface area (Å²) in [5.41, 5.74) is 2.79. The van der Waals surface area contributed by atoms with Gasteiger partial charge in [0.05, 0.1) is 5.39 Å². The first-order valence-corrected chi connectivity index (χ1v) is 9.89. The third-order valence-corrected chi connectivity index (χ3v) is 5.79. The number of Topliss-reactive ketones (excluding diaryl/α,β-unsaturated/α-hetero) is 1. The highest BCUT2D eigenvalue weighted by Gasteiger charge is 2.29. The zero-order chi connectivity index (χ0) is 19.3. The highest BCUT2D eigenvalue weighted by molar-refractivity contribution is 8.16. The smallest absolute Gasteiger partial charge is 0.336 e. The van der Waals surface area contributed by atoms with Crippen LogP contribution in [0.3, 0.4) is 0 Å². The van der Waals surface area contributed by atoms with Gasteiger partial charge in [0.1, 0.15) is 16.2 Å². The molecule has 0 unspecified atom stereocenters. The van der Waals surface area contributed by atoms with E-state index in [1.165, 1.54) is 17.8 Å². The molecule has 1 aliphatic rings. The molecule has 0 bridgehead atoms. The summed E-state index contributed by atoms with van der Waals surface area (Å²) in [6.45, 7) is 2.49. The van der Waals surface area contributed by atoms with Crippen LogP contribution in [0.25, 0.3) is 33.1 Å². The number of carbonyl (C=O) groups is 1. The van der Waals surface area contributed by atoms with Gasteiger partial charge in [-0.3, -0.25) is 9.79 Å². The molecule has 0 spiro atoms. The molecule has 2 aromatic heterocycles. The van der Waals surface area contributed by atoms with Crippen molar-refractivity contribution >= 4 is 44.5 Å². The third-order valence-electron chi connectivity index (χ3n) is 4.82. The van der Waals surface area contributed by atoms with Gasteiger partial charge in [0, 0.05) is 29.3 Å². The minimum absolute atomic E-state index is 0.228. The van der Waals surface area contributed by atoms with Gasteiger partial charge < -0.3 is 8.83 Å². The molecule has 3 heterocycles. The summed E-state index contributed by atoms with van der Waals surface area (Å²) in [4.78, 5) is 29.5. The number of furan rings is 1. The monoisotopic (exact) mass is 389 g/mol. The van der Waals surface area contributed by atoms with Crippen LogP contribution in [0.15, 0.2) is 67.2 Å². The van der Waals surface area contributed by atoms with Gasteiger partial charge in [0.2, 0.25) is 0 Å². The van der Waals surface area contributed by atoms with Crippen molar-refractivity contribution in [1.82, 2.24) is 0 Å². The molecular weight excluding hydrogens is 374 g/mol. The molecule has 0 saturated heterocycles. The second-order valence-corrected chi connectivity index (χ2v) is 7.68. The molecule has 0 atom stereocenters. The second kappa shape index (κ2) is 6.49. The van der Waals surface area contributed by atoms with E-state index in [0.717, 1.165) is 22.3 Å². The molecule has 1 aliphatic heterocycles. The first-order chi connectivity index (χ1) is 13.6. The van der Waals surface area contributed by atoms with E-state index in [1.54, 1.807) is 0 Å². The zero-order valence-corrected chi connectivity index (χ0v) is 15.8. The summed E-state index contributed by atoms with van der Waals surface area (Å²) in [5, 5.41) is 1.91. The van der Waals surface area contributed by atoms with E-state index in [-0.39, 0.29) is 11.5 Å². The fourth-order valence-corrected chi connectivity index (χ4v) is 4.35. The maximum atomic E-state index is 13.1. The molecule has 6 heteroatoms. The van der Waals surface area contributed by atoms with Crippen LogP contribution >= 0.6 is 11.8 Å². The predicted molar refractivity (Wildman–Crippen MR) is 112 cm³/mol. The molecule has 0 N–H and O–H groups in total. The van der Waals surface area contributed by atoms with Crippen molar-refractivity contribution in [3.05, 3.63) is 70.3 Å². The minimum Gasteiger partial charge on any atom is -0.452 e. The van der Waals surface area contributed by atoms with Crippen LogP contribution in [0.4, 0.5) is 0 Å². The van der Waals surface area contributed by atoms with Crippen molar-refractivity contribution < 1.29 is 13.6 Å². The van der Waals surface area contributed by atoms with E-state index in [4.69, 9.17) is 8.83 Å². The number of nitrogens with zero attached hydrogens (tertiary/aromatic N) is 1. The Bertz CT molecular complexity index is 1330. The van der Waals surface area contributed by atoms with E-state index in [1.807, 2.05) is 49.4 Å². The number of aryl methyl sites for hydroxylation is 1. The number of fused-ring (bicyclic) bond motifs is 3. The largest absolute Gasteiger partial charge is 0.452 e. The Morgan fingerprint density at radius 1 is 1.11 bits per heavy atom. The van der Waals surface area contributed by atoms with E-state index >= 15 is 0 Å². The van der Waals surface area contributed by atoms with E-state index in [9.17, 15) is 9.59 Å². The third kappa shape index (κ3) is 2.60. The summed E-state index contributed by atoms with van der Waals surface area (Å²) in [7, 11) is 0. The highest BCUT2D eigenvalue weighted by Crippen LogP contribution is 2.40. The fourth-order valence-electron chi connectivity index (χ4n) is 3.57. The molecular formula is C22H15NO4S. The SMILES string of the molecule is Cc1cc(=O)oc2c1ccc1oc(C(=O)C3=NCCS3)c(-c3ccccc3)c12. The summed E-state index contributed by atoms with van der Waals surface area (Å²) < 4.78 is 11.6. The van der Waals surface area contributed by atoms with E-state index < -0.39 is 5.63 Å². The number of aliphatic imine (C=N–C) groups is 1. The maximum absolute atomic E-state index is 13.1. The van der Waals surface area contributed by atoms with Gasteiger partial charge in [-0.2, -0.15) is 0 Å². The number of carbonyl (C=O) groups excluding carboxylic acids is 1. The first-order valence-electron chi connectivity index (χ1n) is 8.91. The average molecular weight is 389 g/mol. The number of rotatable bonds is 3. The van der Waals surface area contributed by atoms with Gasteiger partial charge in [-0.25, -0.2) is 4.79 Å². The summed E-state index contributed by atoms with van der Waals surface area (Å²) in [6, 6.07) is 14.7. The molecule has 0 fully saturated rings. The van der Waals surface area contributed by atoms with Crippen LogP contribution in [-0.4, -0.2) is 23.1 Å². The van der Waals surface area contributed by atoms with Crippen LogP contribution < -0.4 is 5.63 Å². The van der Waals surface area contributed by atoms with Crippen molar-refractivity contribution in [2.45, 2.75) is 6.92 Å². The molecule has 0 radical (unpaired) electrons. The Kier molecular flexibility index (Phi) is 3.94. The molecule has 5 rings (SSSR count). The van der Waals surface area contributed by atoms with Crippen molar-refractivity contribution in [3.8, 4) is 11.1 Å². The molecule has 0 saturated carbocycles. The molecule has 138 valence electrons. The molecule has 0 aliphatic carbocycles. The van der Waals surface area contributed by atoms with E-state index in [0.29, 0.717) is 33.7 Å². The zero-order valence-electron chi connectivity index (χ0n) is 15.0. The van der Waals surface area contributed by atoms with Crippen molar-refractivity contribution in [2.24, 2.45) is 4.99 Å². The summed E-state index contributed by atoms with van der Waals surface area (Å²) >= 11 is 1.43. The second-order valence-electron chi connectivity index (χ2n) is 6.60. The Morgan fingerprint density at radius 3 is 2.68 bits per heavy atom. The lowest BCUT2D eigenvalue weighted by atomic mass is 9.98. The van der Waals surface area contributed by atoms with Gasteiger partial charge in [0.15, 0.2) is 5.76 Å². The molecule has 4 aromatic rings. The number of hydrogen-bond acceptors (Lipinski definition) is 6. The normalized spacial score (nSPS) is 14.0. The number of thioether (sulfide) groups is 1. The van der Waals surface area contributed by atoms with Gasteiger partial charge in [0.25, 0.3) is 5.78 Å². The predicted octanol–water partition coefficient (Wildman–Crippen LogP) is 4.84. The van der Waals surface area contributed by atoms with Crippen LogP contribution in [0, 0.1) is 6.92 Å². The minimum atomic E-state index is -0.429. The number of ketones is 1. The number of hydrogen-bond donors (Lipinski definition) is 0. The van der Waals surface area contributed by atoms with E-state index in [2.05, 4.69) is 4.99 Å². The molecule has 5 nitrogen and oxygen atoms in total. The molecule has 0 amide bonds. The lowest BCUT2D eigenvalue weighted by Gasteiger charge is -2.05. The Hall–Kier alpha value is -3.12. The molecule has 28 heavy (non-hydrogen) atoms. The average Bonchev–Trinajstić information content (AvgIpc) is 3.36. The standard InChI is InChI=1S/C22H15NO4S/c1-12-11-16(24)27-20-14(12)7-8-15-18(20)17(13-5-3-2-4-6-13)21(26-15)19(25)22-23-9-10-28-22/h2-8,11H,9-10H2,1H3. The fraction of sp³-hybridized carbons (Fsp3) is 0.136. The summed E-state index contributed by atoms with van der Waals surface area (Å²) in [5.74, 6) is 0.783. The lowest BCUT2D eigenvalue weighted by molar-refractivity contribution is 0.104. The van der Waals surface area contributed by atoms with Gasteiger partial charge >= 0.3 is 5.63 Å². The van der Waals surface area contributed by atoms with Crippen LogP contribution in [0.1, 0.15) is 16.1 Å². The van der Waals surface area contributed by atoms with Gasteiger partial charge in [-0.15, -0.1) is 11.8 Å². The Balaban J connectivity index is 1.92. The summed E-state index contributed by atoms with van der Waals surface area (Å²) in [6.07, 6.45) is 0. The molecule has 2 aromatic carbocycles. The lowest BCUT2D eigenvalue weighted by Crippen LogP contribution is -2.09. The quantitative estimate of drug-likeness (QED) is 0.370. The van der Waals surface area contributed by atoms with Crippen molar-refractivity contribution in [3.63, 3.8) is 0 Å². The first kappa shape index (κ1) is 17.0. The number of benzene rings is 2. The Labute approximate surface area is 164 Å². The topological polar surface area (TPSA) is 72.8 Å². The van der Waals surface area contributed by atoms with Crippen molar-refractivity contribution in [2.75, 3.05) is 12.3 Å². The van der Waals surface area contributed by atoms with Gasteiger partial charge in [-0.05, 0) is 30.2 Å². The Morgan fingerprint density at radius 2 is 1.93 bits per heavy atom. The maximum Gasteiger partial charge on any atom is 0.336 e.